The molecule has 5 heteroatoms. The third-order valence-electron chi connectivity index (χ3n) is 2.06. The third-order valence-corrected chi connectivity index (χ3v) is 2.06. The van der Waals surface area contributed by atoms with Crippen molar-refractivity contribution in [3.05, 3.63) is 24.0 Å². The lowest BCUT2D eigenvalue weighted by Gasteiger charge is -2.07. The smallest absolute Gasteiger partial charge is 0.224 e. The lowest BCUT2D eigenvalue weighted by atomic mass is 10.2. The molecule has 4 nitrogen and oxygen atoms in total. The van der Waals surface area contributed by atoms with Gasteiger partial charge in [-0.1, -0.05) is 0 Å². The van der Waals surface area contributed by atoms with Crippen molar-refractivity contribution in [2.75, 3.05) is 5.32 Å². The van der Waals surface area contributed by atoms with Crippen molar-refractivity contribution in [2.24, 2.45) is 5.73 Å². The number of phenolic OH excluding ortho intramolecular Hbond substituents is 1. The maximum absolute atomic E-state index is 12.9. The van der Waals surface area contributed by atoms with Crippen molar-refractivity contribution in [3.63, 3.8) is 0 Å². The molecule has 1 amide bonds. The fourth-order valence-electron chi connectivity index (χ4n) is 1.17. The second kappa shape index (κ2) is 5.46. The molecule has 0 aliphatic heterocycles. The molecule has 0 aromatic heterocycles. The van der Waals surface area contributed by atoms with Crippen LogP contribution in [0, 0.1) is 5.82 Å². The van der Waals surface area contributed by atoms with E-state index in [4.69, 9.17) is 10.8 Å². The van der Waals surface area contributed by atoms with Crippen LogP contribution in [0.3, 0.4) is 0 Å². The van der Waals surface area contributed by atoms with Crippen LogP contribution in [0.25, 0.3) is 0 Å². The predicted molar refractivity (Wildman–Crippen MR) is 59.6 cm³/mol. The maximum Gasteiger partial charge on any atom is 0.224 e. The van der Waals surface area contributed by atoms with Crippen LogP contribution < -0.4 is 11.1 Å². The first-order valence-corrected chi connectivity index (χ1v) is 5.03. The molecule has 1 unspecified atom stereocenters. The van der Waals surface area contributed by atoms with Crippen LogP contribution in [0.2, 0.25) is 0 Å². The molecule has 0 bridgehead atoms. The van der Waals surface area contributed by atoms with Gasteiger partial charge in [0.05, 0.1) is 0 Å². The first-order valence-electron chi connectivity index (χ1n) is 5.03. The van der Waals surface area contributed by atoms with Gasteiger partial charge in [-0.05, 0) is 25.5 Å². The number of rotatable bonds is 4. The zero-order valence-electron chi connectivity index (χ0n) is 9.03. The Bertz CT molecular complexity index is 380. The van der Waals surface area contributed by atoms with E-state index in [1.807, 2.05) is 6.92 Å². The highest BCUT2D eigenvalue weighted by molar-refractivity contribution is 5.90. The van der Waals surface area contributed by atoms with E-state index in [9.17, 15) is 9.18 Å². The summed E-state index contributed by atoms with van der Waals surface area (Å²) in [5, 5.41) is 11.5. The quantitative estimate of drug-likeness (QED) is 0.682. The Hall–Kier alpha value is -1.62. The van der Waals surface area contributed by atoms with E-state index in [2.05, 4.69) is 5.32 Å². The van der Waals surface area contributed by atoms with E-state index in [0.29, 0.717) is 18.5 Å². The van der Waals surface area contributed by atoms with Crippen LogP contribution in [0.4, 0.5) is 10.1 Å². The summed E-state index contributed by atoms with van der Waals surface area (Å²) in [6, 6.07) is 3.65. The lowest BCUT2D eigenvalue weighted by molar-refractivity contribution is -0.116. The number of hydrogen-bond acceptors (Lipinski definition) is 3. The van der Waals surface area contributed by atoms with Crippen LogP contribution in [-0.2, 0) is 4.79 Å². The maximum atomic E-state index is 12.9. The fraction of sp³-hybridized carbons (Fsp3) is 0.364. The van der Waals surface area contributed by atoms with Gasteiger partial charge in [0.15, 0.2) is 11.6 Å². The largest absolute Gasteiger partial charge is 0.505 e. The van der Waals surface area contributed by atoms with Gasteiger partial charge in [-0.3, -0.25) is 4.79 Å². The van der Waals surface area contributed by atoms with E-state index < -0.39 is 11.6 Å². The SMILES string of the molecule is CC(N)CCC(=O)Nc1ccc(O)c(F)c1. The Morgan fingerprint density at radius 2 is 2.31 bits per heavy atom. The summed E-state index contributed by atoms with van der Waals surface area (Å²) in [5.41, 5.74) is 5.83. The van der Waals surface area contributed by atoms with E-state index in [0.717, 1.165) is 6.07 Å². The van der Waals surface area contributed by atoms with Crippen LogP contribution >= 0.6 is 0 Å². The molecule has 16 heavy (non-hydrogen) atoms. The molecule has 0 saturated heterocycles. The van der Waals surface area contributed by atoms with Crippen molar-refractivity contribution in [1.29, 1.82) is 0 Å². The Balaban J connectivity index is 2.53. The molecule has 0 spiro atoms. The molecule has 0 radical (unpaired) electrons. The first kappa shape index (κ1) is 12.4. The monoisotopic (exact) mass is 226 g/mol. The van der Waals surface area contributed by atoms with Gasteiger partial charge in [-0.25, -0.2) is 4.39 Å². The van der Waals surface area contributed by atoms with E-state index in [1.54, 1.807) is 0 Å². The average Bonchev–Trinajstić information content (AvgIpc) is 2.21. The first-order chi connectivity index (χ1) is 7.49. The lowest BCUT2D eigenvalue weighted by Crippen LogP contribution is -2.19. The Labute approximate surface area is 93.3 Å². The zero-order chi connectivity index (χ0) is 12.1. The molecule has 0 heterocycles. The summed E-state index contributed by atoms with van der Waals surface area (Å²) in [4.78, 5) is 11.4. The second-order valence-electron chi connectivity index (χ2n) is 3.73. The van der Waals surface area contributed by atoms with Crippen LogP contribution in [-0.4, -0.2) is 17.1 Å². The summed E-state index contributed by atoms with van der Waals surface area (Å²) in [6.07, 6.45) is 0.868. The van der Waals surface area contributed by atoms with Gasteiger partial charge in [-0.15, -0.1) is 0 Å². The number of phenols is 1. The topological polar surface area (TPSA) is 75.4 Å². The number of amides is 1. The van der Waals surface area contributed by atoms with Crippen molar-refractivity contribution in [2.45, 2.75) is 25.8 Å². The number of nitrogens with two attached hydrogens (primary N) is 1. The van der Waals surface area contributed by atoms with Crippen molar-refractivity contribution < 1.29 is 14.3 Å². The predicted octanol–water partition coefficient (Wildman–Crippen LogP) is 1.60. The Morgan fingerprint density at radius 3 is 2.88 bits per heavy atom. The summed E-state index contributed by atoms with van der Waals surface area (Å²) in [7, 11) is 0. The molecular formula is C11H15FN2O2. The van der Waals surface area contributed by atoms with Crippen molar-refractivity contribution in [1.82, 2.24) is 0 Å². The molecule has 1 rings (SSSR count). The van der Waals surface area contributed by atoms with Crippen molar-refractivity contribution in [3.8, 4) is 5.75 Å². The normalized spacial score (nSPS) is 12.2. The molecule has 1 aromatic carbocycles. The summed E-state index contributed by atoms with van der Waals surface area (Å²) >= 11 is 0. The number of nitrogens with one attached hydrogen (secondary N) is 1. The minimum Gasteiger partial charge on any atom is -0.505 e. The van der Waals surface area contributed by atoms with Crippen LogP contribution in [0.15, 0.2) is 18.2 Å². The molecule has 0 saturated carbocycles. The number of halogens is 1. The highest BCUT2D eigenvalue weighted by atomic mass is 19.1. The van der Waals surface area contributed by atoms with Crippen molar-refractivity contribution >= 4 is 11.6 Å². The standard InChI is InChI=1S/C11H15FN2O2/c1-7(13)2-5-11(16)14-8-3-4-10(15)9(12)6-8/h3-4,6-7,15H,2,5,13H2,1H3,(H,14,16). The molecule has 0 aliphatic carbocycles. The van der Waals surface area contributed by atoms with Gasteiger partial charge >= 0.3 is 0 Å². The number of hydrogen-bond donors (Lipinski definition) is 3. The third kappa shape index (κ3) is 3.86. The van der Waals surface area contributed by atoms with Gasteiger partial charge in [0.1, 0.15) is 0 Å². The number of carbonyl (C=O) groups is 1. The number of carbonyl (C=O) groups excluding carboxylic acids is 1. The minimum absolute atomic E-state index is 0.0395. The Kier molecular flexibility index (Phi) is 4.25. The van der Waals surface area contributed by atoms with Gasteiger partial charge in [0, 0.05) is 24.2 Å². The summed E-state index contributed by atoms with van der Waals surface area (Å²) < 4.78 is 12.9. The molecular weight excluding hydrogens is 211 g/mol. The minimum atomic E-state index is -0.759. The van der Waals surface area contributed by atoms with Crippen LogP contribution in [0.1, 0.15) is 19.8 Å². The molecule has 4 N–H and O–H groups in total. The van der Waals surface area contributed by atoms with E-state index >= 15 is 0 Å². The van der Waals surface area contributed by atoms with Gasteiger partial charge < -0.3 is 16.2 Å². The van der Waals surface area contributed by atoms with E-state index in [-0.39, 0.29) is 11.9 Å². The van der Waals surface area contributed by atoms with Gasteiger partial charge in [0.25, 0.3) is 0 Å². The van der Waals surface area contributed by atoms with Gasteiger partial charge in [-0.2, -0.15) is 0 Å². The highest BCUT2D eigenvalue weighted by Crippen LogP contribution is 2.19. The molecule has 0 aliphatic rings. The fourth-order valence-corrected chi connectivity index (χ4v) is 1.17. The Morgan fingerprint density at radius 1 is 1.62 bits per heavy atom. The zero-order valence-corrected chi connectivity index (χ0v) is 9.03. The molecule has 1 atom stereocenters. The molecule has 88 valence electrons. The number of aromatic hydroxyl groups is 1. The van der Waals surface area contributed by atoms with Gasteiger partial charge in [0.2, 0.25) is 5.91 Å². The summed E-state index contributed by atoms with van der Waals surface area (Å²) in [6.45, 7) is 1.81. The average molecular weight is 226 g/mol. The van der Waals surface area contributed by atoms with E-state index in [1.165, 1.54) is 12.1 Å². The highest BCUT2D eigenvalue weighted by Gasteiger charge is 2.06. The number of anilines is 1. The summed E-state index contributed by atoms with van der Waals surface area (Å²) in [5.74, 6) is -1.42. The molecule has 1 aromatic rings. The second-order valence-corrected chi connectivity index (χ2v) is 3.73. The van der Waals surface area contributed by atoms with Crippen LogP contribution in [0.5, 0.6) is 5.75 Å². The molecule has 0 fully saturated rings. The number of benzene rings is 1.